The van der Waals surface area contributed by atoms with Crippen molar-refractivity contribution in [3.8, 4) is 34.4 Å². The van der Waals surface area contributed by atoms with Crippen molar-refractivity contribution >= 4 is 0 Å². The van der Waals surface area contributed by atoms with Gasteiger partial charge in [0.25, 0.3) is 0 Å². The number of aromatic nitrogens is 2. The fourth-order valence-electron chi connectivity index (χ4n) is 4.75. The van der Waals surface area contributed by atoms with Crippen LogP contribution in [-0.2, 0) is 0 Å². The van der Waals surface area contributed by atoms with Gasteiger partial charge in [-0.1, -0.05) is 84.5 Å². The summed E-state index contributed by atoms with van der Waals surface area (Å²) in [6.45, 7) is 7.17. The van der Waals surface area contributed by atoms with E-state index in [0.29, 0.717) is 35.2 Å². The van der Waals surface area contributed by atoms with Gasteiger partial charge in [-0.3, -0.25) is 0 Å². The summed E-state index contributed by atoms with van der Waals surface area (Å²) in [5, 5.41) is 0. The number of halogens is 1. The van der Waals surface area contributed by atoms with Crippen LogP contribution in [0, 0.1) is 5.82 Å². The lowest BCUT2D eigenvalue weighted by atomic mass is 10.1. The third-order valence-electron chi connectivity index (χ3n) is 7.19. The van der Waals surface area contributed by atoms with Crippen molar-refractivity contribution in [1.29, 1.82) is 0 Å². The molecule has 1 heterocycles. The Balaban J connectivity index is 1.40. The van der Waals surface area contributed by atoms with Gasteiger partial charge in [0.1, 0.15) is 23.1 Å². The van der Waals surface area contributed by atoms with E-state index >= 15 is 0 Å². The molecular formula is C35H49FN2O3. The normalized spacial score (nSPS) is 11.8. The smallest absolute Gasteiger partial charge is 0.164 e. The van der Waals surface area contributed by atoms with Gasteiger partial charge >= 0.3 is 0 Å². The van der Waals surface area contributed by atoms with Crippen LogP contribution in [0.4, 0.5) is 4.39 Å². The molecule has 41 heavy (non-hydrogen) atoms. The highest BCUT2D eigenvalue weighted by Crippen LogP contribution is 2.27. The zero-order valence-corrected chi connectivity index (χ0v) is 25.4. The molecule has 0 fully saturated rings. The monoisotopic (exact) mass is 564 g/mol. The molecule has 0 bridgehead atoms. The molecule has 6 heteroatoms. The van der Waals surface area contributed by atoms with Gasteiger partial charge in [-0.2, -0.15) is 0 Å². The van der Waals surface area contributed by atoms with Crippen LogP contribution in [0.15, 0.2) is 54.9 Å². The predicted molar refractivity (Wildman–Crippen MR) is 166 cm³/mol. The minimum Gasteiger partial charge on any atom is -0.493 e. The first kappa shape index (κ1) is 32.4. The fourth-order valence-corrected chi connectivity index (χ4v) is 4.75. The molecule has 1 atom stereocenters. The van der Waals surface area contributed by atoms with Crippen molar-refractivity contribution in [2.24, 2.45) is 0 Å². The number of hydrogen-bond donors (Lipinski definition) is 0. The number of unbranched alkanes of at least 4 members (excludes halogenated alkanes) is 11. The van der Waals surface area contributed by atoms with E-state index in [0.717, 1.165) is 25.0 Å². The average molecular weight is 565 g/mol. The van der Waals surface area contributed by atoms with E-state index in [1.54, 1.807) is 24.5 Å². The van der Waals surface area contributed by atoms with Crippen molar-refractivity contribution in [3.05, 3.63) is 60.7 Å². The molecule has 0 aliphatic heterocycles. The molecule has 1 aromatic heterocycles. The molecule has 2 aromatic carbocycles. The molecule has 0 N–H and O–H groups in total. The van der Waals surface area contributed by atoms with E-state index in [9.17, 15) is 4.39 Å². The first-order valence-electron chi connectivity index (χ1n) is 15.8. The molecule has 0 amide bonds. The Hall–Kier alpha value is -3.15. The zero-order valence-electron chi connectivity index (χ0n) is 25.4. The number of benzene rings is 2. The Kier molecular flexibility index (Phi) is 15.0. The van der Waals surface area contributed by atoms with Gasteiger partial charge in [0.05, 0.1) is 30.7 Å². The van der Waals surface area contributed by atoms with Gasteiger partial charge in [-0.15, -0.1) is 0 Å². The maximum absolute atomic E-state index is 14.8. The van der Waals surface area contributed by atoms with E-state index in [2.05, 4.69) is 30.7 Å². The van der Waals surface area contributed by atoms with Crippen LogP contribution < -0.4 is 14.2 Å². The van der Waals surface area contributed by atoms with E-state index in [-0.39, 0.29) is 6.10 Å². The summed E-state index contributed by atoms with van der Waals surface area (Å²) in [6.07, 6.45) is 20.6. The Morgan fingerprint density at radius 2 is 1.22 bits per heavy atom. The highest BCUT2D eigenvalue weighted by molar-refractivity contribution is 5.57. The van der Waals surface area contributed by atoms with Gasteiger partial charge in [0.2, 0.25) is 0 Å². The van der Waals surface area contributed by atoms with Gasteiger partial charge in [0.15, 0.2) is 11.6 Å². The topological polar surface area (TPSA) is 53.5 Å². The standard InChI is InChI=1S/C35H49FN2O3/c1-4-6-8-10-11-12-13-14-16-24-39-31-22-23-33(34(36)25-31)35-37-26-32(27-38-35)41-30-20-18-29(19-21-30)40-28(3)17-15-9-7-5-2/h18-23,25-28H,4-17,24H2,1-3H3/t28-/m0/s1. The highest BCUT2D eigenvalue weighted by Gasteiger charge is 2.11. The van der Waals surface area contributed by atoms with Crippen molar-refractivity contribution < 1.29 is 18.6 Å². The second-order valence-electron chi connectivity index (χ2n) is 10.9. The lowest BCUT2D eigenvalue weighted by Gasteiger charge is -2.15. The van der Waals surface area contributed by atoms with Crippen LogP contribution in [0.1, 0.15) is 111 Å². The second kappa shape index (κ2) is 19.1. The van der Waals surface area contributed by atoms with Crippen molar-refractivity contribution in [3.63, 3.8) is 0 Å². The van der Waals surface area contributed by atoms with Crippen LogP contribution in [0.3, 0.4) is 0 Å². The van der Waals surface area contributed by atoms with Gasteiger partial charge in [-0.25, -0.2) is 14.4 Å². The Bertz CT molecular complexity index is 1110. The SMILES string of the molecule is CCCCCCCCCCCOc1ccc(-c2ncc(Oc3ccc(O[C@@H](C)CCCCCC)cc3)cn2)c(F)c1. The van der Waals surface area contributed by atoms with E-state index in [4.69, 9.17) is 14.2 Å². The van der Waals surface area contributed by atoms with E-state index in [1.165, 1.54) is 76.7 Å². The van der Waals surface area contributed by atoms with Crippen LogP contribution in [-0.4, -0.2) is 22.7 Å². The quantitative estimate of drug-likeness (QED) is 0.120. The fraction of sp³-hybridized carbons (Fsp3) is 0.543. The molecule has 3 rings (SSSR count). The molecule has 0 saturated heterocycles. The third kappa shape index (κ3) is 12.5. The second-order valence-corrected chi connectivity index (χ2v) is 10.9. The third-order valence-corrected chi connectivity index (χ3v) is 7.19. The molecule has 0 saturated carbocycles. The summed E-state index contributed by atoms with van der Waals surface area (Å²) in [5.41, 5.74) is 0.331. The molecule has 5 nitrogen and oxygen atoms in total. The Morgan fingerprint density at radius 1 is 0.659 bits per heavy atom. The summed E-state index contributed by atoms with van der Waals surface area (Å²) in [5.74, 6) is 2.39. The summed E-state index contributed by atoms with van der Waals surface area (Å²) in [4.78, 5) is 8.64. The molecule has 0 aliphatic rings. The number of hydrogen-bond acceptors (Lipinski definition) is 5. The lowest BCUT2D eigenvalue weighted by molar-refractivity contribution is 0.206. The lowest BCUT2D eigenvalue weighted by Crippen LogP contribution is -2.11. The van der Waals surface area contributed by atoms with Crippen LogP contribution in [0.2, 0.25) is 0 Å². The molecule has 0 unspecified atom stereocenters. The molecular weight excluding hydrogens is 515 g/mol. The zero-order chi connectivity index (χ0) is 29.1. The van der Waals surface area contributed by atoms with Gasteiger partial charge in [-0.05, 0) is 62.6 Å². The molecule has 3 aromatic rings. The highest BCUT2D eigenvalue weighted by atomic mass is 19.1. The number of ether oxygens (including phenoxy) is 3. The first-order chi connectivity index (χ1) is 20.1. The summed E-state index contributed by atoms with van der Waals surface area (Å²) < 4.78 is 32.5. The minimum absolute atomic E-state index is 0.181. The maximum atomic E-state index is 14.8. The van der Waals surface area contributed by atoms with Crippen LogP contribution >= 0.6 is 0 Å². The Morgan fingerprint density at radius 3 is 1.85 bits per heavy atom. The average Bonchev–Trinajstić information content (AvgIpc) is 2.98. The van der Waals surface area contributed by atoms with Crippen LogP contribution in [0.5, 0.6) is 23.0 Å². The predicted octanol–water partition coefficient (Wildman–Crippen LogP) is 10.7. The van der Waals surface area contributed by atoms with E-state index < -0.39 is 5.82 Å². The summed E-state index contributed by atoms with van der Waals surface area (Å²) in [7, 11) is 0. The van der Waals surface area contributed by atoms with Gasteiger partial charge < -0.3 is 14.2 Å². The number of rotatable bonds is 21. The minimum atomic E-state index is -0.404. The summed E-state index contributed by atoms with van der Waals surface area (Å²) in [6, 6.07) is 12.4. The van der Waals surface area contributed by atoms with Crippen molar-refractivity contribution in [2.45, 2.75) is 117 Å². The largest absolute Gasteiger partial charge is 0.493 e. The molecule has 0 aliphatic carbocycles. The Labute approximate surface area is 246 Å². The molecule has 224 valence electrons. The number of nitrogens with zero attached hydrogens (tertiary/aromatic N) is 2. The van der Waals surface area contributed by atoms with Crippen molar-refractivity contribution in [1.82, 2.24) is 9.97 Å². The maximum Gasteiger partial charge on any atom is 0.164 e. The molecule has 0 radical (unpaired) electrons. The molecule has 0 spiro atoms. The van der Waals surface area contributed by atoms with E-state index in [1.807, 2.05) is 24.3 Å². The summed E-state index contributed by atoms with van der Waals surface area (Å²) >= 11 is 0. The van der Waals surface area contributed by atoms with Crippen LogP contribution in [0.25, 0.3) is 11.4 Å². The first-order valence-corrected chi connectivity index (χ1v) is 15.8. The van der Waals surface area contributed by atoms with Crippen molar-refractivity contribution in [2.75, 3.05) is 6.61 Å². The van der Waals surface area contributed by atoms with Gasteiger partial charge in [0, 0.05) is 6.07 Å².